The molecule has 5 rings (SSSR count). The Balaban J connectivity index is 1.52. The van der Waals surface area contributed by atoms with Crippen LogP contribution in [0.3, 0.4) is 0 Å². The molecule has 7 N–H and O–H groups in total. The number of phenols is 1. The number of nitrogens with one attached hydrogen (secondary N) is 1. The van der Waals surface area contributed by atoms with Crippen LogP contribution in [-0.2, 0) is 32.0 Å². The Labute approximate surface area is 266 Å². The fourth-order valence-corrected chi connectivity index (χ4v) is 7.27. The summed E-state index contributed by atoms with van der Waals surface area (Å²) >= 11 is 9.86. The van der Waals surface area contributed by atoms with Gasteiger partial charge in [0.2, 0.25) is 11.7 Å². The highest BCUT2D eigenvalue weighted by Gasteiger charge is 2.64. The summed E-state index contributed by atoms with van der Waals surface area (Å²) in [5.41, 5.74) is 2.48. The summed E-state index contributed by atoms with van der Waals surface area (Å²) in [6.45, 7) is 0. The summed E-state index contributed by atoms with van der Waals surface area (Å²) in [6.07, 6.45) is 1.07. The second-order valence-electron chi connectivity index (χ2n) is 11.6. The summed E-state index contributed by atoms with van der Waals surface area (Å²) in [6, 6.07) is 9.85. The van der Waals surface area contributed by atoms with Gasteiger partial charge in [-0.25, -0.2) is 0 Å². The molecule has 44 heavy (non-hydrogen) atoms. The SMILES string of the molecule is CN(C)[C@@H]1C(=O)C(C(N)=O)=C(O)[C@@]2(O)C(=O)C3=C(O)c4c(cc(Cl)c(NC(=O)C(Br)CCc5ccccc5)c4O)CC3CC12. The van der Waals surface area contributed by atoms with Gasteiger partial charge in [0, 0.05) is 11.5 Å². The molecule has 5 atom stereocenters. The zero-order valence-corrected chi connectivity index (χ0v) is 26.1. The first-order chi connectivity index (χ1) is 20.7. The van der Waals surface area contributed by atoms with Crippen LogP contribution in [-0.4, -0.2) is 79.3 Å². The van der Waals surface area contributed by atoms with Gasteiger partial charge in [0.15, 0.2) is 17.1 Å². The minimum atomic E-state index is -2.74. The molecule has 0 radical (unpaired) electrons. The van der Waals surface area contributed by atoms with Gasteiger partial charge in [0.25, 0.3) is 5.91 Å². The van der Waals surface area contributed by atoms with Gasteiger partial charge in [-0.05, 0) is 62.9 Å². The lowest BCUT2D eigenvalue weighted by atomic mass is 9.57. The maximum atomic E-state index is 14.0. The van der Waals surface area contributed by atoms with Crippen LogP contribution >= 0.6 is 27.5 Å². The number of hydrogen-bond acceptors (Lipinski definition) is 9. The van der Waals surface area contributed by atoms with Gasteiger partial charge in [-0.3, -0.25) is 24.1 Å². The molecule has 11 nitrogen and oxygen atoms in total. The minimum Gasteiger partial charge on any atom is -0.508 e. The second-order valence-corrected chi connectivity index (χ2v) is 13.1. The number of carbonyl (C=O) groups excluding carboxylic acids is 4. The van der Waals surface area contributed by atoms with Crippen molar-refractivity contribution in [3.05, 3.63) is 75.0 Å². The predicted molar refractivity (Wildman–Crippen MR) is 165 cm³/mol. The zero-order chi connectivity index (χ0) is 32.2. The number of fused-ring (bicyclic) bond motifs is 3. The van der Waals surface area contributed by atoms with Crippen LogP contribution in [0, 0.1) is 11.8 Å². The number of aromatic hydroxyl groups is 1. The van der Waals surface area contributed by atoms with Crippen LogP contribution in [0.2, 0.25) is 5.02 Å². The van der Waals surface area contributed by atoms with Crippen molar-refractivity contribution in [1.29, 1.82) is 0 Å². The topological polar surface area (TPSA) is 190 Å². The largest absolute Gasteiger partial charge is 0.508 e. The molecular weight excluding hydrogens is 658 g/mol. The number of Topliss-reactive ketones (excluding diaryl/α,β-unsaturated/α-hetero) is 2. The van der Waals surface area contributed by atoms with Gasteiger partial charge in [0.1, 0.15) is 22.8 Å². The molecule has 3 aliphatic carbocycles. The number of primary amides is 1. The van der Waals surface area contributed by atoms with Crippen molar-refractivity contribution in [2.24, 2.45) is 17.6 Å². The number of carbonyl (C=O) groups is 4. The number of aliphatic hydroxyl groups excluding tert-OH is 2. The molecule has 232 valence electrons. The lowest BCUT2D eigenvalue weighted by Crippen LogP contribution is -2.65. The molecular formula is C31H31BrClN3O8. The molecule has 0 saturated heterocycles. The number of aliphatic hydroxyl groups is 3. The first-order valence-electron chi connectivity index (χ1n) is 13.9. The van der Waals surface area contributed by atoms with Gasteiger partial charge in [-0.2, -0.15) is 0 Å². The van der Waals surface area contributed by atoms with Gasteiger partial charge < -0.3 is 31.5 Å². The van der Waals surface area contributed by atoms with Crippen LogP contribution in [0.4, 0.5) is 5.69 Å². The van der Waals surface area contributed by atoms with Crippen molar-refractivity contribution < 1.29 is 39.6 Å². The first kappa shape index (κ1) is 31.7. The van der Waals surface area contributed by atoms with E-state index < -0.39 is 74.5 Å². The Morgan fingerprint density at radius 3 is 2.45 bits per heavy atom. The van der Waals surface area contributed by atoms with E-state index in [-0.39, 0.29) is 34.7 Å². The van der Waals surface area contributed by atoms with Crippen molar-refractivity contribution in [1.82, 2.24) is 4.90 Å². The number of nitrogens with zero attached hydrogens (tertiary/aromatic N) is 1. The smallest absolute Gasteiger partial charge is 0.255 e. The molecule has 3 aliphatic rings. The fraction of sp³-hybridized carbons (Fsp3) is 0.355. The zero-order valence-electron chi connectivity index (χ0n) is 23.8. The summed E-state index contributed by atoms with van der Waals surface area (Å²) in [5.74, 6) is -8.11. The van der Waals surface area contributed by atoms with Crippen LogP contribution in [0.1, 0.15) is 29.5 Å². The van der Waals surface area contributed by atoms with Crippen molar-refractivity contribution in [2.75, 3.05) is 19.4 Å². The van der Waals surface area contributed by atoms with Crippen molar-refractivity contribution in [3.8, 4) is 5.75 Å². The highest BCUT2D eigenvalue weighted by molar-refractivity contribution is 9.10. The third-order valence-corrected chi connectivity index (χ3v) is 9.90. The van der Waals surface area contributed by atoms with Gasteiger partial charge >= 0.3 is 0 Å². The Bertz CT molecular complexity index is 1660. The fourth-order valence-electron chi connectivity index (χ4n) is 6.65. The van der Waals surface area contributed by atoms with Crippen LogP contribution < -0.4 is 11.1 Å². The Hall–Kier alpha value is -3.71. The number of ketones is 2. The summed E-state index contributed by atoms with van der Waals surface area (Å²) in [4.78, 5) is 53.1. The van der Waals surface area contributed by atoms with E-state index >= 15 is 0 Å². The maximum Gasteiger partial charge on any atom is 0.255 e. The van der Waals surface area contributed by atoms with Crippen molar-refractivity contribution in [3.63, 3.8) is 0 Å². The summed E-state index contributed by atoms with van der Waals surface area (Å²) < 4.78 is 0. The maximum absolute atomic E-state index is 14.0. The molecule has 13 heteroatoms. The Morgan fingerprint density at radius 2 is 1.84 bits per heavy atom. The van der Waals surface area contributed by atoms with E-state index in [9.17, 15) is 39.6 Å². The number of amides is 2. The molecule has 3 unspecified atom stereocenters. The first-order valence-corrected chi connectivity index (χ1v) is 15.2. The molecule has 2 aromatic rings. The number of aryl methyl sites for hydroxylation is 1. The van der Waals surface area contributed by atoms with Crippen molar-refractivity contribution in [2.45, 2.75) is 42.2 Å². The third kappa shape index (κ3) is 4.99. The lowest BCUT2D eigenvalue weighted by molar-refractivity contribution is -0.153. The molecule has 0 aliphatic heterocycles. The van der Waals surface area contributed by atoms with E-state index in [4.69, 9.17) is 17.3 Å². The van der Waals surface area contributed by atoms with Crippen LogP contribution in [0.5, 0.6) is 5.75 Å². The van der Waals surface area contributed by atoms with E-state index in [1.165, 1.54) is 25.1 Å². The van der Waals surface area contributed by atoms with E-state index in [1.807, 2.05) is 30.3 Å². The van der Waals surface area contributed by atoms with E-state index in [0.29, 0.717) is 18.4 Å². The lowest BCUT2D eigenvalue weighted by Gasteiger charge is -2.50. The van der Waals surface area contributed by atoms with Gasteiger partial charge in [-0.15, -0.1) is 0 Å². The quantitative estimate of drug-likeness (QED) is 0.144. The van der Waals surface area contributed by atoms with E-state index in [1.54, 1.807) is 0 Å². The Kier molecular flexibility index (Phi) is 8.40. The summed E-state index contributed by atoms with van der Waals surface area (Å²) in [5, 5.41) is 48.0. The van der Waals surface area contributed by atoms with Gasteiger partial charge in [0.05, 0.1) is 21.5 Å². The second kappa shape index (κ2) is 11.7. The number of likely N-dealkylation sites (N-methyl/N-ethyl adjacent to an activating group) is 1. The highest BCUT2D eigenvalue weighted by atomic mass is 79.9. The molecule has 0 heterocycles. The molecule has 2 aromatic carbocycles. The van der Waals surface area contributed by atoms with E-state index in [0.717, 1.165) is 5.56 Å². The number of phenolic OH excluding ortho intramolecular Hbond substituents is 1. The molecule has 0 spiro atoms. The number of rotatable bonds is 7. The van der Waals surface area contributed by atoms with E-state index in [2.05, 4.69) is 21.2 Å². The predicted octanol–water partition coefficient (Wildman–Crippen LogP) is 2.95. The Morgan fingerprint density at radius 1 is 1.18 bits per heavy atom. The number of halogens is 2. The van der Waals surface area contributed by atoms with Crippen LogP contribution in [0.15, 0.2) is 53.3 Å². The monoisotopic (exact) mass is 687 g/mol. The van der Waals surface area contributed by atoms with Crippen LogP contribution in [0.25, 0.3) is 5.76 Å². The van der Waals surface area contributed by atoms with Gasteiger partial charge in [-0.1, -0.05) is 57.9 Å². The normalized spacial score (nSPS) is 25.4. The summed E-state index contributed by atoms with van der Waals surface area (Å²) in [7, 11) is 3.06. The molecule has 1 fully saturated rings. The number of alkyl halides is 1. The molecule has 0 bridgehead atoms. The number of hydrogen-bond donors (Lipinski definition) is 6. The average molecular weight is 689 g/mol. The molecule has 0 aromatic heterocycles. The average Bonchev–Trinajstić information content (AvgIpc) is 2.95. The standard InChI is InChI=1S/C31H31BrClN3O8/c1-36(2)23-16-11-14-10-15-12-18(33)22(35-30(43)17(32)9-8-13-6-4-3-5-7-13)25(38)19(15)24(37)20(14)27(40)31(16,44)28(41)21(26(23)39)29(34)42/h3-7,12,14,16-17,23,37-38,41,44H,8-11H2,1-2H3,(H2,34,42)(H,35,43)/t14?,16?,17?,23-,31-/m0/s1. The minimum absolute atomic E-state index is 0.00191. The molecule has 2 amide bonds. The molecule has 1 saturated carbocycles. The van der Waals surface area contributed by atoms with Crippen molar-refractivity contribution >= 4 is 62.4 Å². The third-order valence-electron chi connectivity index (χ3n) is 8.73. The number of nitrogens with two attached hydrogens (primary N) is 1. The number of anilines is 1. The number of benzene rings is 2. The highest BCUT2D eigenvalue weighted by Crippen LogP contribution is 2.54.